The number of nitrogens with one attached hydrogen (secondary N) is 1. The van der Waals surface area contributed by atoms with Gasteiger partial charge < -0.3 is 14.5 Å². The van der Waals surface area contributed by atoms with Gasteiger partial charge in [0, 0.05) is 12.6 Å². The Morgan fingerprint density at radius 2 is 2.19 bits per heavy atom. The normalized spacial score (nSPS) is 11.3. The van der Waals surface area contributed by atoms with Crippen molar-refractivity contribution >= 4 is 0 Å². The van der Waals surface area contributed by atoms with E-state index in [4.69, 9.17) is 9.15 Å². The van der Waals surface area contributed by atoms with E-state index in [0.29, 0.717) is 12.6 Å². The van der Waals surface area contributed by atoms with E-state index in [1.54, 1.807) is 0 Å². The van der Waals surface area contributed by atoms with Crippen LogP contribution < -0.4 is 5.32 Å². The first kappa shape index (κ1) is 13.3. The van der Waals surface area contributed by atoms with Crippen molar-refractivity contribution in [2.75, 3.05) is 6.61 Å². The molecule has 0 saturated heterocycles. The Morgan fingerprint density at radius 1 is 1.44 bits per heavy atom. The minimum absolute atomic E-state index is 0.476. The number of furan rings is 1. The summed E-state index contributed by atoms with van der Waals surface area (Å²) in [4.78, 5) is 0. The topological polar surface area (TPSA) is 34.4 Å². The van der Waals surface area contributed by atoms with Gasteiger partial charge in [0.2, 0.25) is 0 Å². The molecule has 1 aromatic rings. The highest BCUT2D eigenvalue weighted by atomic mass is 16.5. The summed E-state index contributed by atoms with van der Waals surface area (Å²) >= 11 is 0. The molecular weight excluding hydrogens is 202 g/mol. The van der Waals surface area contributed by atoms with Crippen LogP contribution in [0.1, 0.15) is 44.3 Å². The van der Waals surface area contributed by atoms with Gasteiger partial charge in [0.1, 0.15) is 18.1 Å². The molecule has 1 aromatic heterocycles. The van der Waals surface area contributed by atoms with E-state index in [9.17, 15) is 0 Å². The van der Waals surface area contributed by atoms with Gasteiger partial charge in [-0.3, -0.25) is 0 Å². The highest BCUT2D eigenvalue weighted by Gasteiger charge is 2.07. The maximum atomic E-state index is 5.72. The van der Waals surface area contributed by atoms with Crippen molar-refractivity contribution < 1.29 is 9.15 Å². The molecule has 3 nitrogen and oxygen atoms in total. The van der Waals surface area contributed by atoms with Crippen LogP contribution in [0.25, 0.3) is 0 Å². The third-order valence-corrected chi connectivity index (χ3v) is 2.34. The molecule has 0 aliphatic rings. The van der Waals surface area contributed by atoms with Crippen molar-refractivity contribution in [1.82, 2.24) is 5.32 Å². The van der Waals surface area contributed by atoms with Crippen molar-refractivity contribution in [1.29, 1.82) is 0 Å². The maximum Gasteiger partial charge on any atom is 0.130 e. The predicted molar refractivity (Wildman–Crippen MR) is 65.4 cm³/mol. The van der Waals surface area contributed by atoms with E-state index in [2.05, 4.69) is 39.1 Å². The summed E-state index contributed by atoms with van der Waals surface area (Å²) in [6.07, 6.45) is 1.04. The molecule has 0 aromatic carbocycles. The minimum atomic E-state index is 0.476. The zero-order valence-electron chi connectivity index (χ0n) is 10.8. The summed E-state index contributed by atoms with van der Waals surface area (Å²) in [5, 5.41) is 3.35. The van der Waals surface area contributed by atoms with E-state index in [-0.39, 0.29) is 0 Å². The van der Waals surface area contributed by atoms with Crippen molar-refractivity contribution in [3.05, 3.63) is 23.2 Å². The van der Waals surface area contributed by atoms with Crippen LogP contribution in [-0.4, -0.2) is 12.6 Å². The first-order chi connectivity index (χ1) is 7.63. The van der Waals surface area contributed by atoms with Crippen molar-refractivity contribution in [2.24, 2.45) is 0 Å². The average molecular weight is 225 g/mol. The Bertz CT molecular complexity index is 305. The monoisotopic (exact) mass is 225 g/mol. The largest absolute Gasteiger partial charge is 0.462 e. The molecule has 0 amide bonds. The molecule has 0 unspecified atom stereocenters. The van der Waals surface area contributed by atoms with Gasteiger partial charge in [0.25, 0.3) is 0 Å². The summed E-state index contributed by atoms with van der Waals surface area (Å²) in [6.45, 7) is 10.6. The molecule has 0 spiro atoms. The fraction of sp³-hybridized carbons (Fsp3) is 0.692. The second-order valence-corrected chi connectivity index (χ2v) is 4.41. The lowest BCUT2D eigenvalue weighted by Gasteiger charge is -2.06. The van der Waals surface area contributed by atoms with E-state index < -0.39 is 0 Å². The number of hydrogen-bond acceptors (Lipinski definition) is 3. The van der Waals surface area contributed by atoms with Crippen LogP contribution in [0.4, 0.5) is 0 Å². The third-order valence-electron chi connectivity index (χ3n) is 2.34. The summed E-state index contributed by atoms with van der Waals surface area (Å²) in [7, 11) is 0. The van der Waals surface area contributed by atoms with Crippen molar-refractivity contribution in [3.63, 3.8) is 0 Å². The molecule has 92 valence electrons. The fourth-order valence-electron chi connectivity index (χ4n) is 1.45. The van der Waals surface area contributed by atoms with Gasteiger partial charge in [-0.05, 0) is 25.0 Å². The minimum Gasteiger partial charge on any atom is -0.462 e. The smallest absolute Gasteiger partial charge is 0.130 e. The molecule has 0 atom stereocenters. The lowest BCUT2D eigenvalue weighted by Crippen LogP contribution is -2.21. The van der Waals surface area contributed by atoms with Crippen LogP contribution in [0.5, 0.6) is 0 Å². The van der Waals surface area contributed by atoms with Crippen LogP contribution in [0, 0.1) is 6.92 Å². The summed E-state index contributed by atoms with van der Waals surface area (Å²) in [5.41, 5.74) is 1.20. The van der Waals surface area contributed by atoms with Crippen molar-refractivity contribution in [3.8, 4) is 0 Å². The lowest BCUT2D eigenvalue weighted by atomic mass is 10.2. The van der Waals surface area contributed by atoms with Gasteiger partial charge in [-0.25, -0.2) is 0 Å². The Balaban J connectivity index is 2.46. The maximum absolute atomic E-state index is 5.72. The summed E-state index contributed by atoms with van der Waals surface area (Å²) < 4.78 is 11.2. The Labute approximate surface area is 98.2 Å². The zero-order chi connectivity index (χ0) is 12.0. The first-order valence-electron chi connectivity index (χ1n) is 6.02. The average Bonchev–Trinajstić information content (AvgIpc) is 2.57. The highest BCUT2D eigenvalue weighted by Crippen LogP contribution is 2.15. The van der Waals surface area contributed by atoms with Crippen LogP contribution >= 0.6 is 0 Å². The van der Waals surface area contributed by atoms with Crippen LogP contribution in [0.2, 0.25) is 0 Å². The van der Waals surface area contributed by atoms with Gasteiger partial charge in [-0.2, -0.15) is 0 Å². The Hall–Kier alpha value is -0.800. The van der Waals surface area contributed by atoms with Gasteiger partial charge >= 0.3 is 0 Å². The fourth-order valence-corrected chi connectivity index (χ4v) is 1.45. The highest BCUT2D eigenvalue weighted by molar-refractivity contribution is 5.19. The van der Waals surface area contributed by atoms with Crippen LogP contribution in [0.15, 0.2) is 10.5 Å². The summed E-state index contributed by atoms with van der Waals surface area (Å²) in [6, 6.07) is 2.54. The number of ether oxygens (including phenoxy) is 1. The molecule has 0 bridgehead atoms. The standard InChI is InChI=1S/C13H23NO2/c1-5-6-15-9-12-7-11(4)13(16-12)8-14-10(2)3/h7,10,14H,5-6,8-9H2,1-4H3. The first-order valence-corrected chi connectivity index (χ1v) is 6.02. The molecule has 1 N–H and O–H groups in total. The molecule has 16 heavy (non-hydrogen) atoms. The molecule has 0 aliphatic heterocycles. The van der Waals surface area contributed by atoms with E-state index >= 15 is 0 Å². The number of hydrogen-bond donors (Lipinski definition) is 1. The lowest BCUT2D eigenvalue weighted by molar-refractivity contribution is 0.106. The van der Waals surface area contributed by atoms with Gasteiger partial charge in [-0.15, -0.1) is 0 Å². The molecule has 0 saturated carbocycles. The molecule has 1 rings (SSSR count). The van der Waals surface area contributed by atoms with Crippen LogP contribution in [-0.2, 0) is 17.9 Å². The number of rotatable bonds is 7. The van der Waals surface area contributed by atoms with Gasteiger partial charge in [0.15, 0.2) is 0 Å². The Morgan fingerprint density at radius 3 is 2.81 bits per heavy atom. The molecule has 3 heteroatoms. The third kappa shape index (κ3) is 4.37. The second-order valence-electron chi connectivity index (χ2n) is 4.41. The molecule has 0 aliphatic carbocycles. The van der Waals surface area contributed by atoms with Gasteiger partial charge in [-0.1, -0.05) is 20.8 Å². The van der Waals surface area contributed by atoms with E-state index in [0.717, 1.165) is 31.1 Å². The van der Waals surface area contributed by atoms with E-state index in [1.807, 2.05) is 0 Å². The van der Waals surface area contributed by atoms with Crippen LogP contribution in [0.3, 0.4) is 0 Å². The Kier molecular flexibility index (Phi) is 5.56. The molecule has 0 radical (unpaired) electrons. The second kappa shape index (κ2) is 6.71. The molecule has 1 heterocycles. The zero-order valence-corrected chi connectivity index (χ0v) is 10.8. The SMILES string of the molecule is CCCOCc1cc(C)c(CNC(C)C)o1. The number of aryl methyl sites for hydroxylation is 1. The summed E-state index contributed by atoms with van der Waals surface area (Å²) in [5.74, 6) is 1.94. The quantitative estimate of drug-likeness (QED) is 0.724. The molecule has 0 fully saturated rings. The predicted octanol–water partition coefficient (Wildman–Crippen LogP) is 3.01. The van der Waals surface area contributed by atoms with Gasteiger partial charge in [0.05, 0.1) is 6.54 Å². The van der Waals surface area contributed by atoms with E-state index in [1.165, 1.54) is 5.56 Å². The molecular formula is C13H23NO2. The van der Waals surface area contributed by atoms with Crippen molar-refractivity contribution in [2.45, 2.75) is 53.3 Å².